The van der Waals surface area contributed by atoms with Gasteiger partial charge in [-0.1, -0.05) is 48.5 Å². The van der Waals surface area contributed by atoms with Gasteiger partial charge in [-0.25, -0.2) is 0 Å². The first-order chi connectivity index (χ1) is 10.4. The largest absolute Gasteiger partial charge is 0.320 e. The zero-order chi connectivity index (χ0) is 14.2. The quantitative estimate of drug-likeness (QED) is 0.646. The first-order valence-electron chi connectivity index (χ1n) is 7.73. The van der Waals surface area contributed by atoms with Crippen LogP contribution in [0.2, 0.25) is 0 Å². The van der Waals surface area contributed by atoms with Gasteiger partial charge in [0.1, 0.15) is 0 Å². The number of allylic oxidation sites excluding steroid dienone is 1. The van der Waals surface area contributed by atoms with E-state index in [1.165, 1.54) is 39.8 Å². The Morgan fingerprint density at radius 1 is 0.955 bits per heavy atom. The molecule has 2 bridgehead atoms. The Morgan fingerprint density at radius 3 is 2.14 bits per heavy atom. The Balaban J connectivity index is 0.00000144. The molecule has 2 heteroatoms. The van der Waals surface area contributed by atoms with E-state index in [2.05, 4.69) is 59.6 Å². The van der Waals surface area contributed by atoms with E-state index in [1.54, 1.807) is 0 Å². The Morgan fingerprint density at radius 2 is 1.55 bits per heavy atom. The van der Waals surface area contributed by atoms with Gasteiger partial charge in [0.15, 0.2) is 0 Å². The average Bonchev–Trinajstić information content (AvgIpc) is 2.55. The van der Waals surface area contributed by atoms with Gasteiger partial charge in [-0.2, -0.15) is 0 Å². The molecule has 2 aromatic rings. The number of rotatable bonds is 4. The van der Waals surface area contributed by atoms with Crippen molar-refractivity contribution >= 4 is 18.0 Å². The lowest BCUT2D eigenvalue weighted by atomic mass is 9.68. The second-order valence-corrected chi connectivity index (χ2v) is 5.84. The van der Waals surface area contributed by atoms with Crippen molar-refractivity contribution in [1.29, 1.82) is 0 Å². The number of nitrogens with one attached hydrogen (secondary N) is 1. The highest BCUT2D eigenvalue weighted by molar-refractivity contribution is 5.89. The molecule has 0 radical (unpaired) electrons. The summed E-state index contributed by atoms with van der Waals surface area (Å²) in [6, 6.07) is 17.6. The summed E-state index contributed by atoms with van der Waals surface area (Å²) >= 11 is 0. The topological polar surface area (TPSA) is 12.0 Å². The molecule has 5 rings (SSSR count). The summed E-state index contributed by atoms with van der Waals surface area (Å²) in [5, 5.41) is 3.24. The predicted octanol–water partition coefficient (Wildman–Crippen LogP) is 4.52. The van der Waals surface area contributed by atoms with Crippen molar-refractivity contribution in [3.05, 3.63) is 82.1 Å². The van der Waals surface area contributed by atoms with E-state index in [-0.39, 0.29) is 12.4 Å². The van der Waals surface area contributed by atoms with Crippen LogP contribution in [0, 0.1) is 0 Å². The second kappa shape index (κ2) is 6.14. The van der Waals surface area contributed by atoms with E-state index < -0.39 is 0 Å². The molecule has 0 aliphatic heterocycles. The molecule has 0 atom stereocenters. The smallest absolute Gasteiger partial charge is 0.0387 e. The van der Waals surface area contributed by atoms with Gasteiger partial charge in [-0.05, 0) is 54.3 Å². The highest BCUT2D eigenvalue weighted by Gasteiger charge is 2.33. The fourth-order valence-electron chi connectivity index (χ4n) is 3.67. The van der Waals surface area contributed by atoms with Crippen molar-refractivity contribution < 1.29 is 0 Å². The molecule has 0 spiro atoms. The zero-order valence-electron chi connectivity index (χ0n) is 12.7. The minimum Gasteiger partial charge on any atom is -0.320 e. The molecule has 1 nitrogen and oxygen atoms in total. The van der Waals surface area contributed by atoms with E-state index in [0.717, 1.165) is 13.0 Å². The molecule has 2 aromatic carbocycles. The van der Waals surface area contributed by atoms with Gasteiger partial charge in [-0.3, -0.25) is 0 Å². The number of hydrogen-bond donors (Lipinski definition) is 1. The lowest BCUT2D eigenvalue weighted by Gasteiger charge is -2.34. The van der Waals surface area contributed by atoms with Gasteiger partial charge in [-0.15, -0.1) is 18.1 Å². The maximum atomic E-state index is 3.73. The van der Waals surface area contributed by atoms with Gasteiger partial charge in [0.05, 0.1) is 0 Å². The summed E-state index contributed by atoms with van der Waals surface area (Å²) in [5.41, 5.74) is 12.2. The number of hydrogen-bond acceptors (Lipinski definition) is 1. The van der Waals surface area contributed by atoms with Crippen LogP contribution in [0.4, 0.5) is 0 Å². The Bertz CT molecular complexity index is 719. The molecule has 3 aliphatic carbocycles. The molecule has 0 aromatic heterocycles. The highest BCUT2D eigenvalue weighted by Crippen LogP contribution is 2.49. The van der Waals surface area contributed by atoms with Crippen LogP contribution in [0.1, 0.15) is 41.0 Å². The first-order valence-corrected chi connectivity index (χ1v) is 7.73. The van der Waals surface area contributed by atoms with Crippen LogP contribution < -0.4 is 5.32 Å². The van der Waals surface area contributed by atoms with E-state index in [0.29, 0.717) is 5.92 Å². The first kappa shape index (κ1) is 15.1. The summed E-state index contributed by atoms with van der Waals surface area (Å²) in [5.74, 6) is 0.409. The minimum atomic E-state index is 0. The van der Waals surface area contributed by atoms with E-state index >= 15 is 0 Å². The standard InChI is InChI=1S/C20H19N.ClH/c1-21-12-6-7-14-13-19-15-8-2-4-10-17(15)20(14)18-11-5-3-9-16(18)19;/h2-5,8-11,20-21H,6-7,12H2,1H3;1H. The molecule has 112 valence electrons. The van der Waals surface area contributed by atoms with Gasteiger partial charge < -0.3 is 5.32 Å². The third-order valence-electron chi connectivity index (χ3n) is 4.59. The molecule has 0 fully saturated rings. The van der Waals surface area contributed by atoms with Gasteiger partial charge in [0.25, 0.3) is 0 Å². The van der Waals surface area contributed by atoms with Crippen LogP contribution in [0.15, 0.2) is 59.8 Å². The van der Waals surface area contributed by atoms with E-state index in [9.17, 15) is 0 Å². The molecular weight excluding hydrogens is 290 g/mol. The fraction of sp³-hybridized carbons (Fsp3) is 0.250. The van der Waals surface area contributed by atoms with Crippen molar-refractivity contribution in [3.8, 4) is 0 Å². The Hall–Kier alpha value is -1.79. The summed E-state index contributed by atoms with van der Waals surface area (Å²) in [6.07, 6.45) is 2.30. The van der Waals surface area contributed by atoms with Crippen molar-refractivity contribution in [3.63, 3.8) is 0 Å². The Kier molecular flexibility index (Phi) is 4.22. The summed E-state index contributed by atoms with van der Waals surface area (Å²) in [6.45, 7) is 1.07. The molecule has 0 amide bonds. The van der Waals surface area contributed by atoms with E-state index in [1.807, 2.05) is 7.05 Å². The van der Waals surface area contributed by atoms with Crippen molar-refractivity contribution in [2.24, 2.45) is 0 Å². The van der Waals surface area contributed by atoms with Crippen LogP contribution in [0.5, 0.6) is 0 Å². The molecule has 3 aliphatic rings. The summed E-state index contributed by atoms with van der Waals surface area (Å²) in [7, 11) is 2.02. The molecule has 0 unspecified atom stereocenters. The molecule has 1 N–H and O–H groups in total. The maximum absolute atomic E-state index is 3.73. The molecule has 22 heavy (non-hydrogen) atoms. The van der Waals surface area contributed by atoms with Crippen LogP contribution >= 0.6 is 12.4 Å². The second-order valence-electron chi connectivity index (χ2n) is 5.84. The lowest BCUT2D eigenvalue weighted by Crippen LogP contribution is -2.19. The molecule has 0 saturated carbocycles. The monoisotopic (exact) mass is 309 g/mol. The van der Waals surface area contributed by atoms with Crippen LogP contribution in [0.3, 0.4) is 0 Å². The third-order valence-corrected chi connectivity index (χ3v) is 4.59. The maximum Gasteiger partial charge on any atom is 0.0387 e. The van der Waals surface area contributed by atoms with Crippen molar-refractivity contribution in [2.75, 3.05) is 13.6 Å². The fourth-order valence-corrected chi connectivity index (χ4v) is 3.67. The Labute approximate surface area is 138 Å². The zero-order valence-corrected chi connectivity index (χ0v) is 13.5. The SMILES string of the molecule is CNCCCC1=C=C2c3ccccc3C1c1ccccc12.Cl. The number of benzene rings is 2. The average molecular weight is 310 g/mol. The molecule has 0 saturated heterocycles. The van der Waals surface area contributed by atoms with E-state index in [4.69, 9.17) is 0 Å². The van der Waals surface area contributed by atoms with Gasteiger partial charge >= 0.3 is 0 Å². The normalized spacial score (nSPS) is 14.6. The predicted molar refractivity (Wildman–Crippen MR) is 94.7 cm³/mol. The van der Waals surface area contributed by atoms with Crippen LogP contribution in [-0.2, 0) is 0 Å². The third kappa shape index (κ3) is 2.23. The summed E-state index contributed by atoms with van der Waals surface area (Å²) in [4.78, 5) is 0. The van der Waals surface area contributed by atoms with Crippen LogP contribution in [-0.4, -0.2) is 13.6 Å². The summed E-state index contributed by atoms with van der Waals surface area (Å²) < 4.78 is 0. The van der Waals surface area contributed by atoms with Crippen molar-refractivity contribution in [2.45, 2.75) is 18.8 Å². The van der Waals surface area contributed by atoms with Gasteiger partial charge in [0.2, 0.25) is 0 Å². The number of halogens is 1. The molecule has 0 heterocycles. The highest BCUT2D eigenvalue weighted by atomic mass is 35.5. The van der Waals surface area contributed by atoms with Crippen LogP contribution in [0.25, 0.3) is 5.57 Å². The van der Waals surface area contributed by atoms with Crippen molar-refractivity contribution in [1.82, 2.24) is 5.32 Å². The molecular formula is C20H20ClN. The minimum absolute atomic E-state index is 0. The lowest BCUT2D eigenvalue weighted by molar-refractivity contribution is 0.695. The van der Waals surface area contributed by atoms with Gasteiger partial charge in [0, 0.05) is 11.5 Å².